The minimum Gasteiger partial charge on any atom is -0.497 e. The van der Waals surface area contributed by atoms with Gasteiger partial charge in [-0.2, -0.15) is 0 Å². The highest BCUT2D eigenvalue weighted by Gasteiger charge is 2.43. The predicted octanol–water partition coefficient (Wildman–Crippen LogP) is 3.70. The van der Waals surface area contributed by atoms with Gasteiger partial charge >= 0.3 is 5.97 Å². The van der Waals surface area contributed by atoms with E-state index < -0.39 is 18.1 Å². The lowest BCUT2D eigenvalue weighted by molar-refractivity contribution is -0.245. The van der Waals surface area contributed by atoms with Gasteiger partial charge in [-0.15, -0.1) is 0 Å². The molecule has 1 saturated heterocycles. The van der Waals surface area contributed by atoms with E-state index in [4.69, 9.17) is 14.2 Å². The van der Waals surface area contributed by atoms with Crippen LogP contribution in [0.3, 0.4) is 0 Å². The van der Waals surface area contributed by atoms with Gasteiger partial charge in [0.2, 0.25) is 5.85 Å². The third-order valence-electron chi connectivity index (χ3n) is 4.38. The molecule has 1 aromatic carbocycles. The molecule has 0 aromatic heterocycles. The second kappa shape index (κ2) is 7.37. The van der Waals surface area contributed by atoms with Crippen molar-refractivity contribution in [3.63, 3.8) is 0 Å². The molecule has 2 atom stereocenters. The van der Waals surface area contributed by atoms with Crippen LogP contribution < -0.4 is 4.74 Å². The fourth-order valence-electron chi connectivity index (χ4n) is 3.07. The number of hydrogen-bond donors (Lipinski definition) is 1. The van der Waals surface area contributed by atoms with Crippen LogP contribution in [0.15, 0.2) is 42.0 Å². The standard InChI is InChI=1S/C19H21FO5/c1-23-15-6-4-5-13(11-15)16-9-8-14(18(21)22)12-19(16,20)25-17-7-2-3-10-24-17/h4-6,8-9,11,17H,2-3,7,10,12H2,1H3,(H,21,22). The number of alkyl halides is 1. The fourth-order valence-corrected chi connectivity index (χ4v) is 3.07. The second-order valence-corrected chi connectivity index (χ2v) is 6.13. The highest BCUT2D eigenvalue weighted by molar-refractivity contribution is 5.90. The lowest BCUT2D eigenvalue weighted by Gasteiger charge is -2.35. The van der Waals surface area contributed by atoms with Crippen LogP contribution in [0.1, 0.15) is 31.2 Å². The third kappa shape index (κ3) is 3.91. The van der Waals surface area contributed by atoms with Crippen molar-refractivity contribution in [2.45, 2.75) is 37.8 Å². The number of rotatable bonds is 5. The first-order valence-electron chi connectivity index (χ1n) is 8.29. The Labute approximate surface area is 145 Å². The van der Waals surface area contributed by atoms with Crippen molar-refractivity contribution < 1.29 is 28.5 Å². The van der Waals surface area contributed by atoms with E-state index in [1.165, 1.54) is 19.3 Å². The molecule has 2 aliphatic rings. The second-order valence-electron chi connectivity index (χ2n) is 6.13. The van der Waals surface area contributed by atoms with Crippen LogP contribution in [-0.2, 0) is 14.3 Å². The Balaban J connectivity index is 1.95. The summed E-state index contributed by atoms with van der Waals surface area (Å²) in [7, 11) is 1.53. The van der Waals surface area contributed by atoms with E-state index >= 15 is 4.39 Å². The SMILES string of the molecule is COc1cccc(C2=CC=C(C(=O)O)CC2(F)OC2CCCCO2)c1. The van der Waals surface area contributed by atoms with Crippen LogP contribution in [-0.4, -0.2) is 36.9 Å². The number of halogens is 1. The molecule has 1 aliphatic heterocycles. The monoisotopic (exact) mass is 348 g/mol. The smallest absolute Gasteiger partial charge is 0.331 e. The summed E-state index contributed by atoms with van der Waals surface area (Å²) in [6.07, 6.45) is 4.22. The van der Waals surface area contributed by atoms with E-state index in [0.29, 0.717) is 24.3 Å². The normalized spacial score (nSPS) is 26.6. The predicted molar refractivity (Wildman–Crippen MR) is 89.8 cm³/mol. The van der Waals surface area contributed by atoms with Crippen LogP contribution >= 0.6 is 0 Å². The Morgan fingerprint density at radius 3 is 2.88 bits per heavy atom. The van der Waals surface area contributed by atoms with Crippen molar-refractivity contribution in [2.24, 2.45) is 0 Å². The van der Waals surface area contributed by atoms with Crippen molar-refractivity contribution in [2.75, 3.05) is 13.7 Å². The average molecular weight is 348 g/mol. The number of carbonyl (C=O) groups is 1. The first-order chi connectivity index (χ1) is 12.0. The van der Waals surface area contributed by atoms with Gasteiger partial charge in [0, 0.05) is 24.2 Å². The highest BCUT2D eigenvalue weighted by Crippen LogP contribution is 2.42. The summed E-state index contributed by atoms with van der Waals surface area (Å²) in [5.74, 6) is -2.84. The summed E-state index contributed by atoms with van der Waals surface area (Å²) >= 11 is 0. The molecule has 2 unspecified atom stereocenters. The lowest BCUT2D eigenvalue weighted by atomic mass is 9.88. The minimum absolute atomic E-state index is 0.0371. The number of aliphatic carboxylic acids is 1. The summed E-state index contributed by atoms with van der Waals surface area (Å²) in [5.41, 5.74) is 0.814. The summed E-state index contributed by atoms with van der Waals surface area (Å²) < 4.78 is 32.2. The van der Waals surface area contributed by atoms with E-state index in [2.05, 4.69) is 0 Å². The van der Waals surface area contributed by atoms with Crippen molar-refractivity contribution in [3.8, 4) is 5.75 Å². The highest BCUT2D eigenvalue weighted by atomic mass is 19.2. The zero-order valence-electron chi connectivity index (χ0n) is 14.0. The first kappa shape index (κ1) is 17.6. The van der Waals surface area contributed by atoms with Gasteiger partial charge in [0.25, 0.3) is 0 Å². The average Bonchev–Trinajstić information content (AvgIpc) is 2.62. The molecule has 134 valence electrons. The molecule has 0 radical (unpaired) electrons. The number of hydrogen-bond acceptors (Lipinski definition) is 4. The van der Waals surface area contributed by atoms with Crippen LogP contribution in [0, 0.1) is 0 Å². The number of benzene rings is 1. The molecule has 0 saturated carbocycles. The maximum absolute atomic E-state index is 15.8. The number of ether oxygens (including phenoxy) is 3. The summed E-state index contributed by atoms with van der Waals surface area (Å²) in [5, 5.41) is 9.24. The van der Waals surface area contributed by atoms with E-state index in [0.717, 1.165) is 12.8 Å². The number of carboxylic acids is 1. The molecule has 0 amide bonds. The van der Waals surface area contributed by atoms with Gasteiger partial charge in [0.15, 0.2) is 6.29 Å². The van der Waals surface area contributed by atoms with E-state index in [-0.39, 0.29) is 17.6 Å². The van der Waals surface area contributed by atoms with Gasteiger partial charge in [-0.3, -0.25) is 0 Å². The Morgan fingerprint density at radius 2 is 2.20 bits per heavy atom. The van der Waals surface area contributed by atoms with Gasteiger partial charge in [-0.05, 0) is 37.0 Å². The molecule has 3 rings (SSSR count). The third-order valence-corrected chi connectivity index (χ3v) is 4.38. The van der Waals surface area contributed by atoms with Gasteiger partial charge in [0.1, 0.15) is 5.75 Å². The molecular formula is C19H21FO5. The van der Waals surface area contributed by atoms with E-state index in [1.807, 2.05) is 0 Å². The molecule has 6 heteroatoms. The van der Waals surface area contributed by atoms with Gasteiger partial charge in [-0.25, -0.2) is 9.18 Å². The molecule has 0 bridgehead atoms. The van der Waals surface area contributed by atoms with Gasteiger partial charge in [0.05, 0.1) is 7.11 Å². The Kier molecular flexibility index (Phi) is 5.20. The van der Waals surface area contributed by atoms with Crippen molar-refractivity contribution in [3.05, 3.63) is 47.6 Å². The zero-order chi connectivity index (χ0) is 17.9. The summed E-state index contributed by atoms with van der Waals surface area (Å²) in [6, 6.07) is 6.96. The van der Waals surface area contributed by atoms with Gasteiger partial charge in [-0.1, -0.05) is 24.3 Å². The molecule has 5 nitrogen and oxygen atoms in total. The maximum Gasteiger partial charge on any atom is 0.331 e. The van der Waals surface area contributed by atoms with Gasteiger partial charge < -0.3 is 19.3 Å². The Morgan fingerprint density at radius 1 is 1.36 bits per heavy atom. The van der Waals surface area contributed by atoms with E-state index in [9.17, 15) is 9.90 Å². The molecule has 1 N–H and O–H groups in total. The number of allylic oxidation sites excluding steroid dienone is 2. The molecular weight excluding hydrogens is 327 g/mol. The molecule has 1 aromatic rings. The van der Waals surface area contributed by atoms with Crippen LogP contribution in [0.4, 0.5) is 4.39 Å². The number of carboxylic acid groups (broad SMARTS) is 1. The van der Waals surface area contributed by atoms with Crippen molar-refractivity contribution in [1.82, 2.24) is 0 Å². The molecule has 25 heavy (non-hydrogen) atoms. The minimum atomic E-state index is -2.27. The van der Waals surface area contributed by atoms with Crippen LogP contribution in [0.5, 0.6) is 5.75 Å². The van der Waals surface area contributed by atoms with Crippen molar-refractivity contribution >= 4 is 11.5 Å². The molecule has 1 heterocycles. The van der Waals surface area contributed by atoms with Crippen LogP contribution in [0.2, 0.25) is 0 Å². The summed E-state index contributed by atoms with van der Waals surface area (Å²) in [6.45, 7) is 0.514. The summed E-state index contributed by atoms with van der Waals surface area (Å²) in [4.78, 5) is 11.3. The van der Waals surface area contributed by atoms with E-state index in [1.54, 1.807) is 24.3 Å². The van der Waals surface area contributed by atoms with Crippen molar-refractivity contribution in [1.29, 1.82) is 0 Å². The molecule has 0 spiro atoms. The number of methoxy groups -OCH3 is 1. The zero-order valence-corrected chi connectivity index (χ0v) is 14.0. The first-order valence-corrected chi connectivity index (χ1v) is 8.29. The molecule has 1 fully saturated rings. The fraction of sp³-hybridized carbons (Fsp3) is 0.421. The quantitative estimate of drug-likeness (QED) is 0.879. The largest absolute Gasteiger partial charge is 0.497 e. The topological polar surface area (TPSA) is 65.0 Å². The Hall–Kier alpha value is -2.18. The maximum atomic E-state index is 15.8. The Bertz CT molecular complexity index is 706. The lowest BCUT2D eigenvalue weighted by Crippen LogP contribution is -2.38. The van der Waals surface area contributed by atoms with Crippen LogP contribution in [0.25, 0.3) is 5.57 Å². The molecule has 1 aliphatic carbocycles.